The van der Waals surface area contributed by atoms with Crippen LogP contribution in [0.4, 0.5) is 11.4 Å². The number of benzene rings is 1. The van der Waals surface area contributed by atoms with Gasteiger partial charge in [-0.15, -0.1) is 0 Å². The molecule has 0 saturated carbocycles. The normalized spacial score (nSPS) is 17.6. The molecule has 7 heteroatoms. The summed E-state index contributed by atoms with van der Waals surface area (Å²) in [5.74, 6) is -0.535. The predicted octanol–water partition coefficient (Wildman–Crippen LogP) is 2.25. The standard InChI is InChI=1S/C15H17N3O4/c1-2-22-15(19)12-4-3-7-17(10-12)13-6-5-11(9-16)8-14(13)18(20)21/h5-6,8,12H,2-4,7,10H2,1H3. The lowest BCUT2D eigenvalue weighted by Crippen LogP contribution is -2.39. The topological polar surface area (TPSA) is 96.5 Å². The summed E-state index contributed by atoms with van der Waals surface area (Å²) in [6.45, 7) is 3.12. The van der Waals surface area contributed by atoms with Gasteiger partial charge in [0.2, 0.25) is 0 Å². The van der Waals surface area contributed by atoms with Crippen LogP contribution >= 0.6 is 0 Å². The Balaban J connectivity index is 2.26. The second-order valence-electron chi connectivity index (χ2n) is 5.11. The summed E-state index contributed by atoms with van der Waals surface area (Å²) >= 11 is 0. The summed E-state index contributed by atoms with van der Waals surface area (Å²) in [6.07, 6.45) is 1.49. The first-order valence-electron chi connectivity index (χ1n) is 7.17. The average molecular weight is 303 g/mol. The third kappa shape index (κ3) is 3.34. The van der Waals surface area contributed by atoms with Crippen LogP contribution in [0.25, 0.3) is 0 Å². The number of nitro groups is 1. The van der Waals surface area contributed by atoms with Crippen molar-refractivity contribution in [2.24, 2.45) is 5.92 Å². The van der Waals surface area contributed by atoms with Crippen LogP contribution in [0.2, 0.25) is 0 Å². The molecule has 0 aromatic heterocycles. The van der Waals surface area contributed by atoms with E-state index in [1.54, 1.807) is 19.1 Å². The van der Waals surface area contributed by atoms with Crippen LogP contribution in [0, 0.1) is 27.4 Å². The van der Waals surface area contributed by atoms with E-state index < -0.39 is 4.92 Å². The van der Waals surface area contributed by atoms with Gasteiger partial charge in [-0.1, -0.05) is 0 Å². The van der Waals surface area contributed by atoms with Crippen molar-refractivity contribution in [1.82, 2.24) is 0 Å². The van der Waals surface area contributed by atoms with E-state index in [-0.39, 0.29) is 23.1 Å². The van der Waals surface area contributed by atoms with Crippen LogP contribution in [0.3, 0.4) is 0 Å². The van der Waals surface area contributed by atoms with Gasteiger partial charge < -0.3 is 9.64 Å². The zero-order chi connectivity index (χ0) is 16.1. The van der Waals surface area contributed by atoms with Crippen molar-refractivity contribution in [3.05, 3.63) is 33.9 Å². The fourth-order valence-electron chi connectivity index (χ4n) is 2.66. The molecule has 1 unspecified atom stereocenters. The molecule has 1 fully saturated rings. The lowest BCUT2D eigenvalue weighted by atomic mass is 9.97. The Kier molecular flexibility index (Phi) is 4.94. The van der Waals surface area contributed by atoms with Crippen LogP contribution in [0.1, 0.15) is 25.3 Å². The van der Waals surface area contributed by atoms with Crippen LogP contribution in [-0.2, 0) is 9.53 Å². The minimum Gasteiger partial charge on any atom is -0.466 e. The minimum atomic E-state index is -0.496. The largest absolute Gasteiger partial charge is 0.466 e. The molecule has 116 valence electrons. The third-order valence-electron chi connectivity index (χ3n) is 3.68. The third-order valence-corrected chi connectivity index (χ3v) is 3.68. The van der Waals surface area contributed by atoms with Gasteiger partial charge >= 0.3 is 5.97 Å². The van der Waals surface area contributed by atoms with Crippen molar-refractivity contribution in [2.75, 3.05) is 24.6 Å². The Labute approximate surface area is 128 Å². The monoisotopic (exact) mass is 303 g/mol. The van der Waals surface area contributed by atoms with Gasteiger partial charge in [-0.05, 0) is 31.9 Å². The fourth-order valence-corrected chi connectivity index (χ4v) is 2.66. The van der Waals surface area contributed by atoms with Crippen LogP contribution < -0.4 is 4.90 Å². The maximum absolute atomic E-state index is 11.9. The molecule has 1 aliphatic heterocycles. The Bertz CT molecular complexity index is 624. The molecular weight excluding hydrogens is 286 g/mol. The number of hydrogen-bond acceptors (Lipinski definition) is 6. The maximum Gasteiger partial charge on any atom is 0.310 e. The van der Waals surface area contributed by atoms with E-state index in [1.165, 1.54) is 6.07 Å². The number of nitriles is 1. The molecule has 22 heavy (non-hydrogen) atoms. The van der Waals surface area contributed by atoms with Crippen molar-refractivity contribution >= 4 is 17.3 Å². The number of hydrogen-bond donors (Lipinski definition) is 0. The van der Waals surface area contributed by atoms with Crippen molar-refractivity contribution in [2.45, 2.75) is 19.8 Å². The summed E-state index contributed by atoms with van der Waals surface area (Å²) in [5.41, 5.74) is 0.580. The first-order valence-corrected chi connectivity index (χ1v) is 7.17. The van der Waals surface area contributed by atoms with Crippen molar-refractivity contribution in [3.8, 4) is 6.07 Å². The molecule has 1 saturated heterocycles. The van der Waals surface area contributed by atoms with E-state index in [1.807, 2.05) is 11.0 Å². The number of anilines is 1. The number of rotatable bonds is 4. The van der Waals surface area contributed by atoms with Gasteiger partial charge in [0.1, 0.15) is 5.69 Å². The molecule has 0 amide bonds. The van der Waals surface area contributed by atoms with Gasteiger partial charge in [-0.25, -0.2) is 0 Å². The quantitative estimate of drug-likeness (QED) is 0.481. The van der Waals surface area contributed by atoms with E-state index in [4.69, 9.17) is 10.00 Å². The maximum atomic E-state index is 11.9. The van der Waals surface area contributed by atoms with E-state index in [9.17, 15) is 14.9 Å². The molecule has 1 heterocycles. The molecule has 1 aromatic rings. The highest BCUT2D eigenvalue weighted by molar-refractivity contribution is 5.74. The minimum absolute atomic E-state index is 0.108. The molecule has 0 spiro atoms. The number of piperidine rings is 1. The molecule has 1 aliphatic rings. The zero-order valence-corrected chi connectivity index (χ0v) is 12.3. The van der Waals surface area contributed by atoms with E-state index in [0.29, 0.717) is 25.4 Å². The van der Waals surface area contributed by atoms with Gasteiger partial charge in [0.15, 0.2) is 0 Å². The smallest absolute Gasteiger partial charge is 0.310 e. The van der Waals surface area contributed by atoms with E-state index >= 15 is 0 Å². The van der Waals surface area contributed by atoms with Crippen LogP contribution in [0.15, 0.2) is 18.2 Å². The number of nitro benzene ring substituents is 1. The van der Waals surface area contributed by atoms with E-state index in [0.717, 1.165) is 12.8 Å². The highest BCUT2D eigenvalue weighted by Crippen LogP contribution is 2.32. The van der Waals surface area contributed by atoms with Crippen molar-refractivity contribution in [3.63, 3.8) is 0 Å². The van der Waals surface area contributed by atoms with Crippen molar-refractivity contribution in [1.29, 1.82) is 5.26 Å². The lowest BCUT2D eigenvalue weighted by molar-refractivity contribution is -0.384. The molecule has 0 N–H and O–H groups in total. The summed E-state index contributed by atoms with van der Waals surface area (Å²) < 4.78 is 5.04. The lowest BCUT2D eigenvalue weighted by Gasteiger charge is -2.32. The summed E-state index contributed by atoms with van der Waals surface area (Å²) in [5, 5.41) is 20.1. The Morgan fingerprint density at radius 3 is 3.00 bits per heavy atom. The van der Waals surface area contributed by atoms with Gasteiger partial charge in [-0.2, -0.15) is 5.26 Å². The number of esters is 1. The Hall–Kier alpha value is -2.62. The highest BCUT2D eigenvalue weighted by atomic mass is 16.6. The van der Waals surface area contributed by atoms with E-state index in [2.05, 4.69) is 0 Å². The van der Waals surface area contributed by atoms with Gasteiger partial charge in [0.25, 0.3) is 5.69 Å². The molecule has 1 atom stereocenters. The predicted molar refractivity (Wildman–Crippen MR) is 79.4 cm³/mol. The summed E-state index contributed by atoms with van der Waals surface area (Å²) in [4.78, 5) is 24.4. The van der Waals surface area contributed by atoms with Gasteiger partial charge in [-0.3, -0.25) is 14.9 Å². The Morgan fingerprint density at radius 2 is 2.36 bits per heavy atom. The molecular formula is C15H17N3O4. The highest BCUT2D eigenvalue weighted by Gasteiger charge is 2.30. The summed E-state index contributed by atoms with van der Waals surface area (Å²) in [7, 11) is 0. The summed E-state index contributed by atoms with van der Waals surface area (Å²) in [6, 6.07) is 6.29. The number of carbonyl (C=O) groups is 1. The van der Waals surface area contributed by atoms with Gasteiger partial charge in [0.05, 0.1) is 29.1 Å². The SMILES string of the molecule is CCOC(=O)C1CCCN(c2ccc(C#N)cc2[N+](=O)[O-])C1. The van der Waals surface area contributed by atoms with Crippen molar-refractivity contribution < 1.29 is 14.5 Å². The molecule has 2 rings (SSSR count). The first-order chi connectivity index (χ1) is 10.6. The fraction of sp³-hybridized carbons (Fsp3) is 0.467. The van der Waals surface area contributed by atoms with Crippen LogP contribution in [-0.4, -0.2) is 30.6 Å². The Morgan fingerprint density at radius 1 is 1.59 bits per heavy atom. The second kappa shape index (κ2) is 6.89. The van der Waals surface area contributed by atoms with Crippen LogP contribution in [0.5, 0.6) is 0 Å². The molecule has 7 nitrogen and oxygen atoms in total. The number of nitrogens with zero attached hydrogens (tertiary/aromatic N) is 3. The molecule has 0 aliphatic carbocycles. The average Bonchev–Trinajstić information content (AvgIpc) is 2.54. The number of ether oxygens (including phenoxy) is 1. The molecule has 1 aromatic carbocycles. The molecule has 0 bridgehead atoms. The zero-order valence-electron chi connectivity index (χ0n) is 12.3. The number of carbonyl (C=O) groups excluding carboxylic acids is 1. The second-order valence-corrected chi connectivity index (χ2v) is 5.11. The van der Waals surface area contributed by atoms with Gasteiger partial charge in [0, 0.05) is 19.2 Å². The molecule has 0 radical (unpaired) electrons. The first kappa shape index (κ1) is 15.8.